The molecule has 0 fully saturated rings. The number of aromatic nitrogens is 3. The summed E-state index contributed by atoms with van der Waals surface area (Å²) in [5.41, 5.74) is 2.25. The van der Waals surface area contributed by atoms with Crippen LogP contribution in [0, 0.1) is 6.92 Å². The lowest BCUT2D eigenvalue weighted by molar-refractivity contribution is -0.144. The van der Waals surface area contributed by atoms with E-state index in [1.807, 2.05) is 0 Å². The Balaban J connectivity index is 1.54. The van der Waals surface area contributed by atoms with Crippen molar-refractivity contribution >= 4 is 34.2 Å². The maximum Gasteiger partial charge on any atom is 0.449 e. The minimum Gasteiger partial charge on any atom is -0.334 e. The number of hydrogen-bond acceptors (Lipinski definition) is 4. The molecule has 7 nitrogen and oxygen atoms in total. The Hall–Kier alpha value is -4.21. The van der Waals surface area contributed by atoms with Crippen molar-refractivity contribution in [3.63, 3.8) is 0 Å². The number of fused-ring (bicyclic) bond motifs is 1. The molecule has 0 saturated heterocycles. The molecule has 0 saturated carbocycles. The molecule has 2 aromatic heterocycles. The number of imidazole rings is 1. The van der Waals surface area contributed by atoms with E-state index in [9.17, 15) is 22.8 Å². The average molecular weight is 439 g/mol. The summed E-state index contributed by atoms with van der Waals surface area (Å²) in [4.78, 5) is 34.9. The van der Waals surface area contributed by atoms with Gasteiger partial charge in [0.15, 0.2) is 0 Å². The molecule has 0 aliphatic carbocycles. The molecule has 0 bridgehead atoms. The Morgan fingerprint density at radius 3 is 2.47 bits per heavy atom. The number of anilines is 2. The number of aromatic amines is 1. The highest BCUT2D eigenvalue weighted by Gasteiger charge is 2.34. The predicted molar refractivity (Wildman–Crippen MR) is 112 cm³/mol. The first-order valence-corrected chi connectivity index (χ1v) is 9.41. The molecule has 4 rings (SSSR count). The summed E-state index contributed by atoms with van der Waals surface area (Å²) in [6.07, 6.45) is -1.52. The van der Waals surface area contributed by atoms with Gasteiger partial charge in [0, 0.05) is 23.0 Å². The highest BCUT2D eigenvalue weighted by atomic mass is 19.4. The molecule has 10 heteroatoms. The number of H-pyrrole nitrogens is 1. The number of hydrogen-bond donors (Lipinski definition) is 3. The van der Waals surface area contributed by atoms with E-state index in [1.165, 1.54) is 30.5 Å². The van der Waals surface area contributed by atoms with Crippen LogP contribution in [-0.4, -0.2) is 26.8 Å². The summed E-state index contributed by atoms with van der Waals surface area (Å²) in [6.45, 7) is 1.76. The van der Waals surface area contributed by atoms with Gasteiger partial charge in [-0.05, 0) is 55.0 Å². The lowest BCUT2D eigenvalue weighted by Crippen LogP contribution is -2.16. The lowest BCUT2D eigenvalue weighted by Gasteiger charge is -2.11. The summed E-state index contributed by atoms with van der Waals surface area (Å²) in [6, 6.07) is 12.2. The van der Waals surface area contributed by atoms with Crippen molar-refractivity contribution in [2.24, 2.45) is 0 Å². The number of nitrogens with one attached hydrogen (secondary N) is 3. The third-order valence-electron chi connectivity index (χ3n) is 4.67. The van der Waals surface area contributed by atoms with Crippen LogP contribution in [0.1, 0.15) is 32.1 Å². The summed E-state index contributed by atoms with van der Waals surface area (Å²) in [5, 5.41) is 5.39. The van der Waals surface area contributed by atoms with E-state index in [0.717, 1.165) is 0 Å². The van der Waals surface area contributed by atoms with E-state index in [4.69, 9.17) is 0 Å². The molecule has 0 unspecified atom stereocenters. The van der Waals surface area contributed by atoms with Crippen LogP contribution in [0.2, 0.25) is 0 Å². The fourth-order valence-electron chi connectivity index (χ4n) is 3.07. The Kier molecular flexibility index (Phi) is 5.35. The smallest absolute Gasteiger partial charge is 0.334 e. The van der Waals surface area contributed by atoms with E-state index in [-0.39, 0.29) is 22.5 Å². The van der Waals surface area contributed by atoms with Crippen LogP contribution >= 0.6 is 0 Å². The Morgan fingerprint density at radius 2 is 1.75 bits per heavy atom. The van der Waals surface area contributed by atoms with Gasteiger partial charge in [-0.3, -0.25) is 14.6 Å². The molecule has 0 radical (unpaired) electrons. The number of rotatable bonds is 4. The van der Waals surface area contributed by atoms with Gasteiger partial charge in [0.1, 0.15) is 0 Å². The summed E-state index contributed by atoms with van der Waals surface area (Å²) >= 11 is 0. The first-order chi connectivity index (χ1) is 15.2. The maximum atomic E-state index is 12.8. The van der Waals surface area contributed by atoms with Crippen molar-refractivity contribution in [3.05, 3.63) is 83.4 Å². The molecule has 0 aliphatic rings. The van der Waals surface area contributed by atoms with Crippen molar-refractivity contribution in [2.75, 3.05) is 10.6 Å². The standard InChI is InChI=1S/C22H16F3N5O2/c1-12-4-6-14(10-16(12)20(32)28-15-3-2-8-26-11-15)27-19(31)13-5-7-17-18(9-13)30-21(29-17)22(23,24)25/h2-11H,1H3,(H,27,31)(H,28,32)(H,29,30). The Labute approximate surface area is 179 Å². The van der Waals surface area contributed by atoms with Gasteiger partial charge in [-0.25, -0.2) is 4.98 Å². The third-order valence-corrected chi connectivity index (χ3v) is 4.67. The zero-order chi connectivity index (χ0) is 22.9. The van der Waals surface area contributed by atoms with Gasteiger partial charge in [-0.1, -0.05) is 6.07 Å². The van der Waals surface area contributed by atoms with Crippen LogP contribution in [0.3, 0.4) is 0 Å². The third kappa shape index (κ3) is 4.43. The molecule has 0 aliphatic heterocycles. The number of carbonyl (C=O) groups excluding carboxylic acids is 2. The summed E-state index contributed by atoms with van der Waals surface area (Å²) in [7, 11) is 0. The number of benzene rings is 2. The van der Waals surface area contributed by atoms with Gasteiger partial charge >= 0.3 is 6.18 Å². The molecule has 0 atom stereocenters. The first-order valence-electron chi connectivity index (χ1n) is 9.41. The lowest BCUT2D eigenvalue weighted by atomic mass is 10.1. The van der Waals surface area contributed by atoms with Crippen molar-refractivity contribution in [2.45, 2.75) is 13.1 Å². The largest absolute Gasteiger partial charge is 0.449 e. The van der Waals surface area contributed by atoms with Crippen LogP contribution in [0.25, 0.3) is 11.0 Å². The highest BCUT2D eigenvalue weighted by molar-refractivity contribution is 6.08. The van der Waals surface area contributed by atoms with E-state index in [0.29, 0.717) is 22.5 Å². The van der Waals surface area contributed by atoms with E-state index in [2.05, 4.69) is 25.6 Å². The second-order valence-corrected chi connectivity index (χ2v) is 6.99. The molecule has 162 valence electrons. The molecule has 2 heterocycles. The number of pyridine rings is 1. The first kappa shape index (κ1) is 21.0. The Bertz CT molecular complexity index is 1320. The van der Waals surface area contributed by atoms with E-state index >= 15 is 0 Å². The van der Waals surface area contributed by atoms with E-state index < -0.39 is 17.9 Å². The van der Waals surface area contributed by atoms with Crippen LogP contribution in [0.15, 0.2) is 60.9 Å². The highest BCUT2D eigenvalue weighted by Crippen LogP contribution is 2.29. The quantitative estimate of drug-likeness (QED) is 0.426. The van der Waals surface area contributed by atoms with Crippen LogP contribution in [0.5, 0.6) is 0 Å². The fourth-order valence-corrected chi connectivity index (χ4v) is 3.07. The summed E-state index contributed by atoms with van der Waals surface area (Å²) < 4.78 is 38.5. The average Bonchev–Trinajstić information content (AvgIpc) is 3.20. The molecule has 2 amide bonds. The number of alkyl halides is 3. The summed E-state index contributed by atoms with van der Waals surface area (Å²) in [5.74, 6) is -2.05. The second kappa shape index (κ2) is 8.14. The molecular weight excluding hydrogens is 423 g/mol. The zero-order valence-electron chi connectivity index (χ0n) is 16.6. The number of carbonyl (C=O) groups is 2. The second-order valence-electron chi connectivity index (χ2n) is 6.99. The molecular formula is C22H16F3N5O2. The molecule has 0 spiro atoms. The number of amides is 2. The van der Waals surface area contributed by atoms with Crippen LogP contribution in [-0.2, 0) is 6.18 Å². The van der Waals surface area contributed by atoms with Gasteiger partial charge in [-0.15, -0.1) is 0 Å². The van der Waals surface area contributed by atoms with Gasteiger partial charge in [-0.2, -0.15) is 13.2 Å². The van der Waals surface area contributed by atoms with Gasteiger partial charge in [0.2, 0.25) is 5.82 Å². The minimum atomic E-state index is -4.61. The molecule has 32 heavy (non-hydrogen) atoms. The molecule has 3 N–H and O–H groups in total. The van der Waals surface area contributed by atoms with Crippen molar-refractivity contribution in [3.8, 4) is 0 Å². The normalized spacial score (nSPS) is 11.4. The molecule has 2 aromatic carbocycles. The predicted octanol–water partition coefficient (Wildman–Crippen LogP) is 4.79. The number of halogens is 3. The minimum absolute atomic E-state index is 0.0884. The zero-order valence-corrected chi connectivity index (χ0v) is 16.6. The topological polar surface area (TPSA) is 99.8 Å². The fraction of sp³-hybridized carbons (Fsp3) is 0.0909. The SMILES string of the molecule is Cc1ccc(NC(=O)c2ccc3nc(C(F)(F)F)[nH]c3c2)cc1C(=O)Nc1cccnc1. The van der Waals surface area contributed by atoms with E-state index in [1.54, 1.807) is 37.4 Å². The van der Waals surface area contributed by atoms with Crippen LogP contribution < -0.4 is 10.6 Å². The number of aryl methyl sites for hydroxylation is 1. The molecule has 4 aromatic rings. The van der Waals surface area contributed by atoms with Gasteiger partial charge in [0.05, 0.1) is 22.9 Å². The van der Waals surface area contributed by atoms with Gasteiger partial charge in [0.25, 0.3) is 11.8 Å². The Morgan fingerprint density at radius 1 is 0.969 bits per heavy atom. The monoisotopic (exact) mass is 439 g/mol. The van der Waals surface area contributed by atoms with Crippen LogP contribution in [0.4, 0.5) is 24.5 Å². The van der Waals surface area contributed by atoms with Gasteiger partial charge < -0.3 is 15.6 Å². The number of nitrogens with zero attached hydrogens (tertiary/aromatic N) is 2. The van der Waals surface area contributed by atoms with Crippen molar-refractivity contribution in [1.82, 2.24) is 15.0 Å². The van der Waals surface area contributed by atoms with Crippen molar-refractivity contribution < 1.29 is 22.8 Å². The van der Waals surface area contributed by atoms with Crippen molar-refractivity contribution in [1.29, 1.82) is 0 Å². The maximum absolute atomic E-state index is 12.8.